The zero-order chi connectivity index (χ0) is 19.0. The van der Waals surface area contributed by atoms with Gasteiger partial charge in [-0.2, -0.15) is 0 Å². The third-order valence-corrected chi connectivity index (χ3v) is 4.10. The van der Waals surface area contributed by atoms with Gasteiger partial charge in [0.15, 0.2) is 0 Å². The first-order chi connectivity index (χ1) is 13.1. The maximum absolute atomic E-state index is 12.7. The first-order valence-corrected chi connectivity index (χ1v) is 8.20. The molecule has 8 nitrogen and oxygen atoms in total. The molecule has 0 radical (unpaired) electrons. The van der Waals surface area contributed by atoms with Crippen LogP contribution in [0, 0.1) is 10.1 Å². The zero-order valence-electron chi connectivity index (χ0n) is 14.2. The van der Waals surface area contributed by atoms with Crippen molar-refractivity contribution < 1.29 is 23.3 Å². The minimum absolute atomic E-state index is 0.206. The zero-order valence-corrected chi connectivity index (χ0v) is 14.2. The predicted octanol–water partition coefficient (Wildman–Crippen LogP) is 4.54. The fourth-order valence-electron chi connectivity index (χ4n) is 3.08. The summed E-state index contributed by atoms with van der Waals surface area (Å²) < 4.78 is 17.9. The molecule has 0 aliphatic rings. The summed E-state index contributed by atoms with van der Waals surface area (Å²) in [6, 6.07) is 11.5. The summed E-state index contributed by atoms with van der Waals surface area (Å²) in [4.78, 5) is 23.1. The Morgan fingerprint density at radius 1 is 1.15 bits per heavy atom. The number of rotatable bonds is 5. The number of hydrogen-bond donors (Lipinski definition) is 0. The number of furan rings is 2. The van der Waals surface area contributed by atoms with E-state index in [0.717, 1.165) is 0 Å². The molecular weight excluding hydrogens is 352 g/mol. The van der Waals surface area contributed by atoms with Crippen LogP contribution in [-0.2, 0) is 4.74 Å². The van der Waals surface area contributed by atoms with Crippen LogP contribution in [0.5, 0.6) is 0 Å². The molecule has 0 N–H and O–H groups in total. The van der Waals surface area contributed by atoms with Crippen molar-refractivity contribution >= 4 is 17.4 Å². The minimum atomic E-state index is -0.611. The Hall–Kier alpha value is -3.81. The molecule has 0 aliphatic heterocycles. The van der Waals surface area contributed by atoms with Gasteiger partial charge in [-0.15, -0.1) is 0 Å². The van der Waals surface area contributed by atoms with Gasteiger partial charge in [0.25, 0.3) is 0 Å². The highest BCUT2D eigenvalue weighted by Gasteiger charge is 2.29. The number of ether oxygens (including phenoxy) is 1. The molecule has 0 amide bonds. The number of fused-ring (bicyclic) bond motifs is 1. The number of hydrogen-bond acceptors (Lipinski definition) is 6. The van der Waals surface area contributed by atoms with Crippen LogP contribution in [0.3, 0.4) is 0 Å². The molecule has 0 bridgehead atoms. The summed E-state index contributed by atoms with van der Waals surface area (Å²) in [6.07, 6.45) is 3.20. The van der Waals surface area contributed by atoms with Crippen molar-refractivity contribution in [3.8, 4) is 22.6 Å². The third kappa shape index (κ3) is 2.67. The Bertz CT molecular complexity index is 1140. The van der Waals surface area contributed by atoms with Crippen LogP contribution in [0.1, 0.15) is 17.4 Å². The van der Waals surface area contributed by atoms with E-state index in [2.05, 4.69) is 0 Å². The summed E-state index contributed by atoms with van der Waals surface area (Å²) in [5.41, 5.74) is 1.86. The smallest absolute Gasteiger partial charge is 0.433 e. The van der Waals surface area contributed by atoms with Crippen molar-refractivity contribution in [2.75, 3.05) is 6.61 Å². The van der Waals surface area contributed by atoms with Gasteiger partial charge in [-0.05, 0) is 37.3 Å². The molecule has 0 saturated carbocycles. The molecule has 8 heteroatoms. The molecule has 4 aromatic heterocycles. The van der Waals surface area contributed by atoms with Crippen molar-refractivity contribution in [2.24, 2.45) is 0 Å². The number of nitro groups is 1. The van der Waals surface area contributed by atoms with Gasteiger partial charge in [-0.1, -0.05) is 6.07 Å². The quantitative estimate of drug-likeness (QED) is 0.292. The average Bonchev–Trinajstić information content (AvgIpc) is 3.38. The number of carbonyl (C=O) groups excluding carboxylic acids is 1. The summed E-state index contributed by atoms with van der Waals surface area (Å²) in [6.45, 7) is 1.93. The van der Waals surface area contributed by atoms with Crippen LogP contribution in [-0.4, -0.2) is 21.9 Å². The molecule has 0 unspecified atom stereocenters. The first-order valence-electron chi connectivity index (χ1n) is 8.20. The van der Waals surface area contributed by atoms with Gasteiger partial charge in [0.1, 0.15) is 22.1 Å². The van der Waals surface area contributed by atoms with E-state index >= 15 is 0 Å². The molecule has 0 atom stereocenters. The molecule has 4 rings (SSSR count). The Balaban J connectivity index is 2.09. The summed E-state index contributed by atoms with van der Waals surface area (Å²) >= 11 is 0. The van der Waals surface area contributed by atoms with Crippen LogP contribution < -0.4 is 0 Å². The number of carbonyl (C=O) groups is 1. The van der Waals surface area contributed by atoms with Crippen LogP contribution in [0.25, 0.3) is 28.2 Å². The second kappa shape index (κ2) is 6.49. The first kappa shape index (κ1) is 16.6. The SMILES string of the molecule is CCOC(=O)c1c(-c2ccco2)c(-c2ccc([N+](=O)[O-])o2)c2ccccn12. The fraction of sp³-hybridized carbons (Fsp3) is 0.105. The van der Waals surface area contributed by atoms with Gasteiger partial charge in [0.05, 0.1) is 35.6 Å². The molecule has 0 saturated heterocycles. The van der Waals surface area contributed by atoms with Crippen LogP contribution in [0.4, 0.5) is 5.88 Å². The summed E-state index contributed by atoms with van der Waals surface area (Å²) in [5, 5.41) is 11.0. The molecule has 0 spiro atoms. The van der Waals surface area contributed by atoms with E-state index in [0.29, 0.717) is 22.4 Å². The van der Waals surface area contributed by atoms with E-state index in [-0.39, 0.29) is 23.9 Å². The van der Waals surface area contributed by atoms with Gasteiger partial charge in [-0.3, -0.25) is 10.1 Å². The summed E-state index contributed by atoms with van der Waals surface area (Å²) in [5.74, 6) is -0.232. The number of aromatic nitrogens is 1. The van der Waals surface area contributed by atoms with Crippen molar-refractivity contribution in [3.05, 3.63) is 70.7 Å². The van der Waals surface area contributed by atoms with Gasteiger partial charge in [0, 0.05) is 6.20 Å². The second-order valence-corrected chi connectivity index (χ2v) is 5.65. The standard InChI is InChI=1S/C19H14N2O6/c1-2-25-19(22)18-17(13-7-5-11-26-13)16(12-6-3-4-10-20(12)18)14-8-9-15(27-14)21(23)24/h3-11H,2H2,1H3. The molecule has 0 aromatic carbocycles. The second-order valence-electron chi connectivity index (χ2n) is 5.65. The molecule has 27 heavy (non-hydrogen) atoms. The Morgan fingerprint density at radius 3 is 2.67 bits per heavy atom. The monoisotopic (exact) mass is 366 g/mol. The Kier molecular flexibility index (Phi) is 4.00. The largest absolute Gasteiger partial charge is 0.464 e. The highest BCUT2D eigenvalue weighted by molar-refractivity contribution is 6.05. The number of nitrogens with zero attached hydrogens (tertiary/aromatic N) is 2. The van der Waals surface area contributed by atoms with E-state index in [1.165, 1.54) is 18.4 Å². The van der Waals surface area contributed by atoms with Crippen molar-refractivity contribution in [2.45, 2.75) is 6.92 Å². The lowest BCUT2D eigenvalue weighted by molar-refractivity contribution is -0.401. The van der Waals surface area contributed by atoms with E-state index in [1.807, 2.05) is 0 Å². The number of esters is 1. The minimum Gasteiger partial charge on any atom is -0.464 e. The van der Waals surface area contributed by atoms with Crippen molar-refractivity contribution in [1.29, 1.82) is 0 Å². The average molecular weight is 366 g/mol. The lowest BCUT2D eigenvalue weighted by Crippen LogP contribution is -2.09. The van der Waals surface area contributed by atoms with E-state index in [4.69, 9.17) is 13.6 Å². The normalized spacial score (nSPS) is 11.0. The maximum Gasteiger partial charge on any atom is 0.433 e. The van der Waals surface area contributed by atoms with Gasteiger partial charge < -0.3 is 18.0 Å². The van der Waals surface area contributed by atoms with E-state index < -0.39 is 10.9 Å². The predicted molar refractivity (Wildman–Crippen MR) is 95.4 cm³/mol. The van der Waals surface area contributed by atoms with Crippen molar-refractivity contribution in [1.82, 2.24) is 4.40 Å². The molecular formula is C19H14N2O6. The topological polar surface area (TPSA) is 100 Å². The van der Waals surface area contributed by atoms with Crippen LogP contribution in [0.2, 0.25) is 0 Å². The lowest BCUT2D eigenvalue weighted by atomic mass is 10.0. The highest BCUT2D eigenvalue weighted by atomic mass is 16.6. The van der Waals surface area contributed by atoms with E-state index in [1.54, 1.807) is 47.9 Å². The number of pyridine rings is 1. The Labute approximate surface area is 152 Å². The highest BCUT2D eigenvalue weighted by Crippen LogP contribution is 2.42. The van der Waals surface area contributed by atoms with Gasteiger partial charge in [-0.25, -0.2) is 4.79 Å². The Morgan fingerprint density at radius 2 is 2.00 bits per heavy atom. The molecule has 0 fully saturated rings. The maximum atomic E-state index is 12.7. The van der Waals surface area contributed by atoms with E-state index in [9.17, 15) is 14.9 Å². The van der Waals surface area contributed by atoms with Crippen LogP contribution >= 0.6 is 0 Å². The third-order valence-electron chi connectivity index (χ3n) is 4.10. The lowest BCUT2D eigenvalue weighted by Gasteiger charge is -2.05. The van der Waals surface area contributed by atoms with Crippen molar-refractivity contribution in [3.63, 3.8) is 0 Å². The summed E-state index contributed by atoms with van der Waals surface area (Å²) in [7, 11) is 0. The fourth-order valence-corrected chi connectivity index (χ4v) is 3.08. The molecule has 136 valence electrons. The van der Waals surface area contributed by atoms with Gasteiger partial charge >= 0.3 is 11.9 Å². The molecule has 4 heterocycles. The molecule has 4 aromatic rings. The van der Waals surface area contributed by atoms with Crippen LogP contribution in [0.15, 0.2) is 63.8 Å². The van der Waals surface area contributed by atoms with Gasteiger partial charge in [0.2, 0.25) is 0 Å². The molecule has 0 aliphatic carbocycles.